The standard InChI is InChI=1S/C12H12BrNO2/c1-7-9(6-11(15)14-12(7)16)8-4-2-3-5-10(8)13/h2-5,7,9H,6H2,1H3,(H,14,15,16). The van der Waals surface area contributed by atoms with Crippen molar-refractivity contribution in [2.45, 2.75) is 19.3 Å². The van der Waals surface area contributed by atoms with E-state index >= 15 is 0 Å². The van der Waals surface area contributed by atoms with Gasteiger partial charge >= 0.3 is 0 Å². The summed E-state index contributed by atoms with van der Waals surface area (Å²) in [5.74, 6) is -0.575. The maximum Gasteiger partial charge on any atom is 0.230 e. The van der Waals surface area contributed by atoms with Gasteiger partial charge in [0, 0.05) is 22.7 Å². The van der Waals surface area contributed by atoms with Crippen molar-refractivity contribution in [3.63, 3.8) is 0 Å². The Morgan fingerprint density at radius 3 is 2.69 bits per heavy atom. The second-order valence-electron chi connectivity index (χ2n) is 4.03. The first-order valence-corrected chi connectivity index (χ1v) is 5.97. The fourth-order valence-corrected chi connectivity index (χ4v) is 2.60. The van der Waals surface area contributed by atoms with Crippen LogP contribution in [0.3, 0.4) is 0 Å². The number of benzene rings is 1. The minimum absolute atomic E-state index is 0.0307. The summed E-state index contributed by atoms with van der Waals surface area (Å²) in [7, 11) is 0. The van der Waals surface area contributed by atoms with E-state index in [1.54, 1.807) is 0 Å². The fourth-order valence-electron chi connectivity index (χ4n) is 2.02. The Labute approximate surface area is 102 Å². The lowest BCUT2D eigenvalue weighted by atomic mass is 9.81. The molecule has 84 valence electrons. The number of amides is 2. The average molecular weight is 282 g/mol. The minimum atomic E-state index is -0.191. The van der Waals surface area contributed by atoms with Crippen LogP contribution in [-0.4, -0.2) is 11.8 Å². The van der Waals surface area contributed by atoms with E-state index < -0.39 is 0 Å². The van der Waals surface area contributed by atoms with Crippen LogP contribution >= 0.6 is 15.9 Å². The van der Waals surface area contributed by atoms with Crippen molar-refractivity contribution in [3.05, 3.63) is 34.3 Å². The Hall–Kier alpha value is -1.16. The van der Waals surface area contributed by atoms with Crippen LogP contribution in [0.15, 0.2) is 28.7 Å². The molecular formula is C12H12BrNO2. The highest BCUT2D eigenvalue weighted by molar-refractivity contribution is 9.10. The van der Waals surface area contributed by atoms with Crippen LogP contribution in [-0.2, 0) is 9.59 Å². The molecule has 0 radical (unpaired) electrons. The molecule has 2 rings (SSSR count). The van der Waals surface area contributed by atoms with Gasteiger partial charge in [0.1, 0.15) is 0 Å². The molecule has 4 heteroatoms. The Morgan fingerprint density at radius 1 is 1.31 bits per heavy atom. The van der Waals surface area contributed by atoms with Gasteiger partial charge in [0.2, 0.25) is 11.8 Å². The zero-order valence-electron chi connectivity index (χ0n) is 8.87. The molecule has 16 heavy (non-hydrogen) atoms. The van der Waals surface area contributed by atoms with Crippen LogP contribution in [0.25, 0.3) is 0 Å². The lowest BCUT2D eigenvalue weighted by Gasteiger charge is -2.28. The van der Waals surface area contributed by atoms with E-state index in [4.69, 9.17) is 0 Å². The molecule has 2 atom stereocenters. The SMILES string of the molecule is CC1C(=O)NC(=O)CC1c1ccccc1Br. The van der Waals surface area contributed by atoms with Crippen molar-refractivity contribution < 1.29 is 9.59 Å². The van der Waals surface area contributed by atoms with Gasteiger partial charge in [-0.25, -0.2) is 0 Å². The monoisotopic (exact) mass is 281 g/mol. The number of carbonyl (C=O) groups is 2. The molecule has 0 aromatic heterocycles. The first-order chi connectivity index (χ1) is 7.59. The third-order valence-electron chi connectivity index (χ3n) is 2.99. The number of nitrogens with one attached hydrogen (secondary N) is 1. The molecular weight excluding hydrogens is 270 g/mol. The molecule has 0 aliphatic carbocycles. The maximum atomic E-state index is 11.6. The van der Waals surface area contributed by atoms with E-state index in [9.17, 15) is 9.59 Å². The van der Waals surface area contributed by atoms with Crippen LogP contribution in [0.4, 0.5) is 0 Å². The molecule has 1 aliphatic rings. The second-order valence-corrected chi connectivity index (χ2v) is 4.89. The number of hydrogen-bond donors (Lipinski definition) is 1. The molecule has 1 aliphatic heterocycles. The van der Waals surface area contributed by atoms with Gasteiger partial charge in [0.25, 0.3) is 0 Å². The Morgan fingerprint density at radius 2 is 2.00 bits per heavy atom. The topological polar surface area (TPSA) is 46.2 Å². The highest BCUT2D eigenvalue weighted by Gasteiger charge is 2.34. The summed E-state index contributed by atoms with van der Waals surface area (Å²) in [6.07, 6.45) is 0.371. The van der Waals surface area contributed by atoms with Crippen molar-refractivity contribution in [2.24, 2.45) is 5.92 Å². The molecule has 0 saturated carbocycles. The summed E-state index contributed by atoms with van der Waals surface area (Å²) >= 11 is 3.46. The first-order valence-electron chi connectivity index (χ1n) is 5.17. The van der Waals surface area contributed by atoms with Gasteiger partial charge in [-0.15, -0.1) is 0 Å². The molecule has 2 amide bonds. The zero-order valence-corrected chi connectivity index (χ0v) is 10.5. The predicted molar refractivity (Wildman–Crippen MR) is 63.8 cm³/mol. The highest BCUT2D eigenvalue weighted by Crippen LogP contribution is 2.35. The number of piperidine rings is 1. The van der Waals surface area contributed by atoms with Crippen molar-refractivity contribution in [3.8, 4) is 0 Å². The van der Waals surface area contributed by atoms with Crippen molar-refractivity contribution >= 4 is 27.7 Å². The van der Waals surface area contributed by atoms with Crippen LogP contribution in [0.2, 0.25) is 0 Å². The van der Waals surface area contributed by atoms with Crippen LogP contribution in [0.1, 0.15) is 24.8 Å². The fraction of sp³-hybridized carbons (Fsp3) is 0.333. The van der Waals surface area contributed by atoms with E-state index in [0.29, 0.717) is 6.42 Å². The Kier molecular flexibility index (Phi) is 3.10. The smallest absolute Gasteiger partial charge is 0.230 e. The van der Waals surface area contributed by atoms with Crippen molar-refractivity contribution in [1.82, 2.24) is 5.32 Å². The van der Waals surface area contributed by atoms with E-state index in [-0.39, 0.29) is 23.7 Å². The molecule has 3 nitrogen and oxygen atoms in total. The summed E-state index contributed by atoms with van der Waals surface area (Å²) in [5, 5.41) is 2.36. The van der Waals surface area contributed by atoms with Gasteiger partial charge < -0.3 is 0 Å². The van der Waals surface area contributed by atoms with Crippen LogP contribution in [0, 0.1) is 5.92 Å². The van der Waals surface area contributed by atoms with Gasteiger partial charge in [-0.1, -0.05) is 41.1 Å². The number of rotatable bonds is 1. The molecule has 1 aromatic carbocycles. The molecule has 1 fully saturated rings. The van der Waals surface area contributed by atoms with Crippen molar-refractivity contribution in [2.75, 3.05) is 0 Å². The third kappa shape index (κ3) is 2.02. The molecule has 1 N–H and O–H groups in total. The van der Waals surface area contributed by atoms with Gasteiger partial charge in [-0.3, -0.25) is 14.9 Å². The Bertz CT molecular complexity index is 444. The quantitative estimate of drug-likeness (QED) is 0.803. The largest absolute Gasteiger partial charge is 0.296 e. The van der Waals surface area contributed by atoms with Gasteiger partial charge in [-0.05, 0) is 11.6 Å². The summed E-state index contributed by atoms with van der Waals surface area (Å²) < 4.78 is 0.953. The summed E-state index contributed by atoms with van der Waals surface area (Å²) in [6.45, 7) is 1.85. The van der Waals surface area contributed by atoms with E-state index in [0.717, 1.165) is 10.0 Å². The van der Waals surface area contributed by atoms with Gasteiger partial charge in [0.15, 0.2) is 0 Å². The molecule has 2 unspecified atom stereocenters. The molecule has 0 spiro atoms. The highest BCUT2D eigenvalue weighted by atomic mass is 79.9. The summed E-state index contributed by atoms with van der Waals surface area (Å²) in [6, 6.07) is 7.73. The lowest BCUT2D eigenvalue weighted by molar-refractivity contribution is -0.136. The van der Waals surface area contributed by atoms with Crippen molar-refractivity contribution in [1.29, 1.82) is 0 Å². The van der Waals surface area contributed by atoms with Gasteiger partial charge in [-0.2, -0.15) is 0 Å². The number of carbonyl (C=O) groups excluding carboxylic acids is 2. The predicted octanol–water partition coefficient (Wildman–Crippen LogP) is 2.22. The minimum Gasteiger partial charge on any atom is -0.296 e. The van der Waals surface area contributed by atoms with E-state index in [2.05, 4.69) is 21.2 Å². The average Bonchev–Trinajstić information content (AvgIpc) is 2.24. The lowest BCUT2D eigenvalue weighted by Crippen LogP contribution is -2.43. The van der Waals surface area contributed by atoms with Crippen LogP contribution < -0.4 is 5.32 Å². The zero-order chi connectivity index (χ0) is 11.7. The first kappa shape index (κ1) is 11.3. The number of halogens is 1. The molecule has 1 saturated heterocycles. The Balaban J connectivity index is 2.36. The van der Waals surface area contributed by atoms with Crippen LogP contribution in [0.5, 0.6) is 0 Å². The van der Waals surface area contributed by atoms with E-state index in [1.165, 1.54) is 0 Å². The normalized spacial score (nSPS) is 25.4. The second kappa shape index (κ2) is 4.37. The molecule has 0 bridgehead atoms. The molecule has 1 heterocycles. The van der Waals surface area contributed by atoms with E-state index in [1.807, 2.05) is 31.2 Å². The third-order valence-corrected chi connectivity index (χ3v) is 3.71. The molecule has 1 aromatic rings. The number of hydrogen-bond acceptors (Lipinski definition) is 2. The number of imide groups is 1. The van der Waals surface area contributed by atoms with Gasteiger partial charge in [0.05, 0.1) is 0 Å². The maximum absolute atomic E-state index is 11.6. The summed E-state index contributed by atoms with van der Waals surface area (Å²) in [5.41, 5.74) is 1.03. The summed E-state index contributed by atoms with van der Waals surface area (Å²) in [4.78, 5) is 22.9.